The van der Waals surface area contributed by atoms with Gasteiger partial charge in [0.15, 0.2) is 0 Å². The monoisotopic (exact) mass is 234 g/mol. The van der Waals surface area contributed by atoms with Crippen molar-refractivity contribution in [1.29, 1.82) is 0 Å². The third-order valence-electron chi connectivity index (χ3n) is 4.35. The molecule has 0 radical (unpaired) electrons. The van der Waals surface area contributed by atoms with Gasteiger partial charge in [-0.1, -0.05) is 0 Å². The lowest BCUT2D eigenvalue weighted by Gasteiger charge is -2.30. The van der Waals surface area contributed by atoms with Crippen molar-refractivity contribution in [1.82, 2.24) is 15.1 Å². The van der Waals surface area contributed by atoms with Gasteiger partial charge in [-0.3, -0.25) is 4.68 Å². The Kier molecular flexibility index (Phi) is 2.62. The van der Waals surface area contributed by atoms with Crippen LogP contribution >= 0.6 is 0 Å². The van der Waals surface area contributed by atoms with Crippen LogP contribution in [0.25, 0.3) is 0 Å². The summed E-state index contributed by atoms with van der Waals surface area (Å²) in [6.45, 7) is 4.27. The maximum atomic E-state index is 4.59. The van der Waals surface area contributed by atoms with E-state index < -0.39 is 0 Å². The molecule has 0 amide bonds. The Balaban J connectivity index is 1.96. The zero-order chi connectivity index (χ0) is 12.0. The van der Waals surface area contributed by atoms with Crippen molar-refractivity contribution >= 4 is 5.82 Å². The highest BCUT2D eigenvalue weighted by molar-refractivity contribution is 5.52. The molecule has 1 saturated carbocycles. The number of nitrogens with zero attached hydrogens (tertiary/aromatic N) is 3. The summed E-state index contributed by atoms with van der Waals surface area (Å²) in [7, 11) is 4.08. The molecule has 1 aromatic heterocycles. The number of aromatic nitrogens is 2. The lowest BCUT2D eigenvalue weighted by molar-refractivity contribution is 0.540. The SMILES string of the molecule is CNCc1c(C)nn(C)c1N1CC2CCC1C2. The number of rotatable bonds is 3. The molecule has 2 atom stereocenters. The first kappa shape index (κ1) is 11.1. The van der Waals surface area contributed by atoms with E-state index in [-0.39, 0.29) is 0 Å². The van der Waals surface area contributed by atoms with Gasteiger partial charge in [0.25, 0.3) is 0 Å². The average molecular weight is 234 g/mol. The first-order chi connectivity index (χ1) is 8.20. The van der Waals surface area contributed by atoms with Crippen LogP contribution in [0.2, 0.25) is 0 Å². The van der Waals surface area contributed by atoms with E-state index in [4.69, 9.17) is 0 Å². The molecule has 0 aromatic carbocycles. The van der Waals surface area contributed by atoms with Gasteiger partial charge in [-0.25, -0.2) is 0 Å². The van der Waals surface area contributed by atoms with Crippen LogP contribution in [0.1, 0.15) is 30.5 Å². The summed E-state index contributed by atoms with van der Waals surface area (Å²) >= 11 is 0. The molecule has 0 spiro atoms. The van der Waals surface area contributed by atoms with Crippen molar-refractivity contribution in [2.24, 2.45) is 13.0 Å². The third kappa shape index (κ3) is 1.66. The van der Waals surface area contributed by atoms with Crippen LogP contribution in [0.4, 0.5) is 5.82 Å². The van der Waals surface area contributed by atoms with Gasteiger partial charge in [0, 0.05) is 31.7 Å². The number of nitrogens with one attached hydrogen (secondary N) is 1. The van der Waals surface area contributed by atoms with Crippen LogP contribution in [-0.4, -0.2) is 29.4 Å². The number of fused-ring (bicyclic) bond motifs is 2. The van der Waals surface area contributed by atoms with Crippen LogP contribution < -0.4 is 10.2 Å². The molecular weight excluding hydrogens is 212 g/mol. The minimum absolute atomic E-state index is 0.769. The normalized spacial score (nSPS) is 27.1. The van der Waals surface area contributed by atoms with Crippen LogP contribution in [0.3, 0.4) is 0 Å². The molecule has 4 heteroatoms. The fourth-order valence-corrected chi connectivity index (χ4v) is 3.62. The Bertz CT molecular complexity index is 423. The Hall–Kier alpha value is -1.03. The van der Waals surface area contributed by atoms with Gasteiger partial charge in [0.2, 0.25) is 0 Å². The summed E-state index contributed by atoms with van der Waals surface area (Å²) in [5.74, 6) is 2.28. The van der Waals surface area contributed by atoms with Crippen molar-refractivity contribution < 1.29 is 0 Å². The molecule has 1 aromatic rings. The van der Waals surface area contributed by atoms with Crippen molar-refractivity contribution in [3.8, 4) is 0 Å². The van der Waals surface area contributed by atoms with Crippen LogP contribution in [0.15, 0.2) is 0 Å². The van der Waals surface area contributed by atoms with E-state index in [0.717, 1.165) is 18.5 Å². The zero-order valence-electron chi connectivity index (χ0n) is 11.0. The third-order valence-corrected chi connectivity index (χ3v) is 4.35. The van der Waals surface area contributed by atoms with E-state index in [2.05, 4.69) is 34.0 Å². The van der Waals surface area contributed by atoms with E-state index >= 15 is 0 Å². The van der Waals surface area contributed by atoms with Gasteiger partial charge in [0.1, 0.15) is 5.82 Å². The molecule has 1 N–H and O–H groups in total. The average Bonchev–Trinajstić information content (AvgIpc) is 2.95. The molecule has 1 saturated heterocycles. The van der Waals surface area contributed by atoms with Crippen molar-refractivity contribution in [2.45, 2.75) is 38.8 Å². The molecule has 94 valence electrons. The predicted octanol–water partition coefficient (Wildman–Crippen LogP) is 1.44. The quantitative estimate of drug-likeness (QED) is 0.859. The number of piperidine rings is 1. The Morgan fingerprint density at radius 3 is 2.82 bits per heavy atom. The first-order valence-electron chi connectivity index (χ1n) is 6.64. The molecule has 1 aliphatic heterocycles. The maximum absolute atomic E-state index is 4.59. The number of aryl methyl sites for hydroxylation is 2. The minimum atomic E-state index is 0.769. The van der Waals surface area contributed by atoms with Crippen LogP contribution in [0.5, 0.6) is 0 Å². The molecule has 3 rings (SSSR count). The predicted molar refractivity (Wildman–Crippen MR) is 69.2 cm³/mol. The van der Waals surface area contributed by atoms with Crippen LogP contribution in [-0.2, 0) is 13.6 Å². The van der Waals surface area contributed by atoms with Gasteiger partial charge in [0.05, 0.1) is 5.69 Å². The van der Waals surface area contributed by atoms with E-state index in [1.54, 1.807) is 0 Å². The Morgan fingerprint density at radius 2 is 2.24 bits per heavy atom. The molecular formula is C13H22N4. The van der Waals surface area contributed by atoms with Gasteiger partial charge in [-0.05, 0) is 39.2 Å². The molecule has 2 heterocycles. The largest absolute Gasteiger partial charge is 0.353 e. The second-order valence-corrected chi connectivity index (χ2v) is 5.53. The summed E-state index contributed by atoms with van der Waals surface area (Å²) in [6, 6.07) is 0.769. The molecule has 2 fully saturated rings. The van der Waals surface area contributed by atoms with Gasteiger partial charge >= 0.3 is 0 Å². The maximum Gasteiger partial charge on any atom is 0.131 e. The first-order valence-corrected chi connectivity index (χ1v) is 6.64. The Morgan fingerprint density at radius 1 is 1.41 bits per heavy atom. The highest BCUT2D eigenvalue weighted by Crippen LogP contribution is 2.41. The fourth-order valence-electron chi connectivity index (χ4n) is 3.62. The van der Waals surface area contributed by atoms with E-state index in [1.807, 2.05) is 7.05 Å². The summed E-state index contributed by atoms with van der Waals surface area (Å²) in [5, 5.41) is 7.86. The topological polar surface area (TPSA) is 33.1 Å². The molecule has 1 aliphatic carbocycles. The zero-order valence-corrected chi connectivity index (χ0v) is 11.0. The van der Waals surface area contributed by atoms with Gasteiger partial charge in [-0.15, -0.1) is 0 Å². The van der Waals surface area contributed by atoms with Crippen molar-refractivity contribution in [3.63, 3.8) is 0 Å². The highest BCUT2D eigenvalue weighted by Gasteiger charge is 2.39. The molecule has 2 bridgehead atoms. The molecule has 4 nitrogen and oxygen atoms in total. The second kappa shape index (κ2) is 4.02. The van der Waals surface area contributed by atoms with Crippen molar-refractivity contribution in [3.05, 3.63) is 11.3 Å². The van der Waals surface area contributed by atoms with Crippen molar-refractivity contribution in [2.75, 3.05) is 18.5 Å². The van der Waals surface area contributed by atoms with Gasteiger partial charge in [-0.2, -0.15) is 5.10 Å². The van der Waals surface area contributed by atoms with E-state index in [1.165, 1.54) is 42.9 Å². The number of hydrogen-bond acceptors (Lipinski definition) is 3. The summed E-state index contributed by atoms with van der Waals surface area (Å²) < 4.78 is 2.07. The fraction of sp³-hybridized carbons (Fsp3) is 0.769. The van der Waals surface area contributed by atoms with E-state index in [9.17, 15) is 0 Å². The standard InChI is InChI=1S/C13H22N4/c1-9-12(7-14-2)13(16(3)15-9)17-8-10-4-5-11(17)6-10/h10-11,14H,4-8H2,1-3H3. The number of anilines is 1. The van der Waals surface area contributed by atoms with E-state index in [0.29, 0.717) is 0 Å². The molecule has 2 unspecified atom stereocenters. The second-order valence-electron chi connectivity index (χ2n) is 5.53. The summed E-state index contributed by atoms with van der Waals surface area (Å²) in [4.78, 5) is 2.60. The summed E-state index contributed by atoms with van der Waals surface area (Å²) in [5.41, 5.74) is 2.54. The Labute approximate surface area is 103 Å². The summed E-state index contributed by atoms with van der Waals surface area (Å²) in [6.07, 6.45) is 4.19. The lowest BCUT2D eigenvalue weighted by atomic mass is 10.1. The van der Waals surface area contributed by atoms with Crippen LogP contribution in [0, 0.1) is 12.8 Å². The smallest absolute Gasteiger partial charge is 0.131 e. The van der Waals surface area contributed by atoms with Gasteiger partial charge < -0.3 is 10.2 Å². The molecule has 17 heavy (non-hydrogen) atoms. The lowest BCUT2D eigenvalue weighted by Crippen LogP contribution is -2.34. The highest BCUT2D eigenvalue weighted by atomic mass is 15.4. The number of hydrogen-bond donors (Lipinski definition) is 1. The minimum Gasteiger partial charge on any atom is -0.353 e. The molecule has 2 aliphatic rings.